The van der Waals surface area contributed by atoms with Gasteiger partial charge in [-0.15, -0.1) is 0 Å². The van der Waals surface area contributed by atoms with E-state index in [2.05, 4.69) is 110 Å². The van der Waals surface area contributed by atoms with E-state index in [1.54, 1.807) is 0 Å². The van der Waals surface area contributed by atoms with Crippen LogP contribution >= 0.6 is 0 Å². The van der Waals surface area contributed by atoms with Crippen LogP contribution in [0.3, 0.4) is 0 Å². The lowest BCUT2D eigenvalue weighted by atomic mass is 9.89. The van der Waals surface area contributed by atoms with Crippen LogP contribution in [0.2, 0.25) is 0 Å². The predicted octanol–water partition coefficient (Wildman–Crippen LogP) is 7.44. The van der Waals surface area contributed by atoms with Gasteiger partial charge in [-0.25, -0.2) is 0 Å². The van der Waals surface area contributed by atoms with Crippen molar-refractivity contribution in [3.8, 4) is 33.4 Å². The molecule has 0 unspecified atom stereocenters. The van der Waals surface area contributed by atoms with Gasteiger partial charge in [-0.1, -0.05) is 84.9 Å². The van der Waals surface area contributed by atoms with Gasteiger partial charge in [0.2, 0.25) is 0 Å². The third-order valence-electron chi connectivity index (χ3n) is 6.36. The van der Waals surface area contributed by atoms with Crippen LogP contribution in [0.4, 0.5) is 5.69 Å². The second kappa shape index (κ2) is 7.84. The predicted molar refractivity (Wildman–Crippen MR) is 129 cm³/mol. The van der Waals surface area contributed by atoms with Gasteiger partial charge in [0.05, 0.1) is 0 Å². The van der Waals surface area contributed by atoms with E-state index in [-0.39, 0.29) is 0 Å². The number of fused-ring (bicyclic) bond motifs is 3. The summed E-state index contributed by atoms with van der Waals surface area (Å²) in [7, 11) is 0. The maximum Gasteiger partial charge on any atom is 0.0408 e. The lowest BCUT2D eigenvalue weighted by molar-refractivity contribution is 0.860. The first-order valence-corrected chi connectivity index (χ1v) is 11.0. The van der Waals surface area contributed by atoms with Gasteiger partial charge < -0.3 is 4.90 Å². The average Bonchev–Trinajstić information content (AvgIpc) is 3.21. The highest BCUT2D eigenvalue weighted by atomic mass is 15.1. The van der Waals surface area contributed by atoms with Crippen molar-refractivity contribution in [2.24, 2.45) is 0 Å². The summed E-state index contributed by atoms with van der Waals surface area (Å²) in [6.45, 7) is 6.55. The molecule has 30 heavy (non-hydrogen) atoms. The van der Waals surface area contributed by atoms with Crippen molar-refractivity contribution in [2.75, 3.05) is 18.0 Å². The Hall–Kier alpha value is -3.32. The Bertz CT molecular complexity index is 1170. The summed E-state index contributed by atoms with van der Waals surface area (Å²) in [5, 5.41) is 0. The highest BCUT2D eigenvalue weighted by molar-refractivity contribution is 5.96. The van der Waals surface area contributed by atoms with Gasteiger partial charge >= 0.3 is 0 Å². The average molecular weight is 390 g/mol. The fourth-order valence-electron chi connectivity index (χ4n) is 4.92. The van der Waals surface area contributed by atoms with Crippen LogP contribution in [0.25, 0.3) is 33.4 Å². The zero-order chi connectivity index (χ0) is 20.5. The molecule has 0 aromatic heterocycles. The number of benzene rings is 4. The molecule has 0 atom stereocenters. The van der Waals surface area contributed by atoms with Gasteiger partial charge in [-0.3, -0.25) is 0 Å². The van der Waals surface area contributed by atoms with Gasteiger partial charge in [-0.05, 0) is 64.4 Å². The van der Waals surface area contributed by atoms with E-state index >= 15 is 0 Å². The summed E-state index contributed by atoms with van der Waals surface area (Å²) in [4.78, 5) is 2.48. The van der Waals surface area contributed by atoms with Gasteiger partial charge in [0.1, 0.15) is 0 Å². The second-order valence-corrected chi connectivity index (χ2v) is 7.90. The molecule has 0 N–H and O–H groups in total. The van der Waals surface area contributed by atoms with E-state index in [0.717, 1.165) is 19.5 Å². The molecule has 1 nitrogen and oxygen atoms in total. The maximum atomic E-state index is 2.48. The van der Waals surface area contributed by atoms with E-state index < -0.39 is 0 Å². The topological polar surface area (TPSA) is 3.24 Å². The molecule has 0 heterocycles. The molecule has 0 saturated heterocycles. The maximum absolute atomic E-state index is 2.48. The van der Waals surface area contributed by atoms with Crippen LogP contribution in [0.1, 0.15) is 25.0 Å². The van der Waals surface area contributed by atoms with Gasteiger partial charge in [0.25, 0.3) is 0 Å². The smallest absolute Gasteiger partial charge is 0.0408 e. The molecule has 0 bridgehead atoms. The van der Waals surface area contributed by atoms with E-state index in [9.17, 15) is 0 Å². The van der Waals surface area contributed by atoms with Crippen molar-refractivity contribution in [1.82, 2.24) is 0 Å². The number of hydrogen-bond acceptors (Lipinski definition) is 1. The van der Waals surface area contributed by atoms with Gasteiger partial charge in [0.15, 0.2) is 0 Å². The summed E-state index contributed by atoms with van der Waals surface area (Å²) in [5.41, 5.74) is 12.4. The molecule has 0 aliphatic heterocycles. The number of rotatable bonds is 5. The van der Waals surface area contributed by atoms with Crippen molar-refractivity contribution >= 4 is 5.69 Å². The second-order valence-electron chi connectivity index (χ2n) is 7.90. The fourth-order valence-corrected chi connectivity index (χ4v) is 4.92. The Morgan fingerprint density at radius 3 is 1.80 bits per heavy atom. The monoisotopic (exact) mass is 389 g/mol. The fraction of sp³-hybridized carbons (Fsp3) is 0.172. The first-order valence-electron chi connectivity index (χ1n) is 11.0. The van der Waals surface area contributed by atoms with Crippen LogP contribution in [0.5, 0.6) is 0 Å². The lowest BCUT2D eigenvalue weighted by Crippen LogP contribution is -2.23. The first kappa shape index (κ1) is 18.7. The number of nitrogens with zero attached hydrogens (tertiary/aromatic N) is 1. The largest absolute Gasteiger partial charge is 0.372 e. The molecule has 0 saturated carbocycles. The zero-order valence-electron chi connectivity index (χ0n) is 17.7. The Balaban J connectivity index is 1.78. The van der Waals surface area contributed by atoms with Crippen molar-refractivity contribution in [3.05, 3.63) is 102 Å². The Kier molecular flexibility index (Phi) is 4.88. The zero-order valence-corrected chi connectivity index (χ0v) is 17.7. The molecular weight excluding hydrogens is 362 g/mol. The highest BCUT2D eigenvalue weighted by Gasteiger charge is 2.28. The highest BCUT2D eigenvalue weighted by Crippen LogP contribution is 2.49. The summed E-state index contributed by atoms with van der Waals surface area (Å²) in [5.74, 6) is 0. The minimum Gasteiger partial charge on any atom is -0.372 e. The Morgan fingerprint density at radius 2 is 1.17 bits per heavy atom. The van der Waals surface area contributed by atoms with Gasteiger partial charge in [0, 0.05) is 25.2 Å². The number of anilines is 1. The quantitative estimate of drug-likeness (QED) is 0.302. The molecule has 0 fully saturated rings. The Morgan fingerprint density at radius 1 is 0.567 bits per heavy atom. The minimum absolute atomic E-state index is 0.988. The molecule has 0 amide bonds. The van der Waals surface area contributed by atoms with Crippen molar-refractivity contribution < 1.29 is 0 Å². The standard InChI is InChI=1S/C29H27N/c1-3-30(4-2)28-17-11-16-25-26(28)20-27-23(21-12-7-5-8-13-21)18-19-24(29(25)27)22-14-9-6-10-15-22/h5-19H,3-4,20H2,1-2H3. The third-order valence-corrected chi connectivity index (χ3v) is 6.36. The van der Waals surface area contributed by atoms with Crippen LogP contribution in [-0.4, -0.2) is 13.1 Å². The molecule has 4 aromatic carbocycles. The molecule has 1 heteroatoms. The molecule has 1 aliphatic rings. The van der Waals surface area contributed by atoms with Crippen LogP contribution in [0.15, 0.2) is 91.0 Å². The van der Waals surface area contributed by atoms with E-state index in [1.807, 2.05) is 0 Å². The van der Waals surface area contributed by atoms with Crippen molar-refractivity contribution in [1.29, 1.82) is 0 Å². The first-order chi connectivity index (χ1) is 14.8. The van der Waals surface area contributed by atoms with E-state index in [0.29, 0.717) is 0 Å². The molecule has 0 spiro atoms. The SMILES string of the molecule is CCN(CC)c1cccc2c1Cc1c(-c3ccccc3)ccc(-c3ccccc3)c1-2. The minimum atomic E-state index is 0.988. The molecule has 1 aliphatic carbocycles. The normalized spacial score (nSPS) is 11.8. The third kappa shape index (κ3) is 3.02. The molecule has 5 rings (SSSR count). The lowest BCUT2D eigenvalue weighted by Gasteiger charge is -2.24. The van der Waals surface area contributed by atoms with Crippen molar-refractivity contribution in [2.45, 2.75) is 20.3 Å². The van der Waals surface area contributed by atoms with E-state index in [1.165, 1.54) is 50.2 Å². The molecule has 0 radical (unpaired) electrons. The van der Waals surface area contributed by atoms with Crippen LogP contribution in [-0.2, 0) is 6.42 Å². The van der Waals surface area contributed by atoms with Gasteiger partial charge in [-0.2, -0.15) is 0 Å². The molecule has 4 aromatic rings. The number of hydrogen-bond donors (Lipinski definition) is 0. The van der Waals surface area contributed by atoms with E-state index in [4.69, 9.17) is 0 Å². The molecular formula is C29H27N. The Labute approximate surface area is 179 Å². The summed E-state index contributed by atoms with van der Waals surface area (Å²) in [6.07, 6.45) is 0.988. The van der Waals surface area contributed by atoms with Crippen LogP contribution < -0.4 is 4.90 Å². The summed E-state index contributed by atoms with van der Waals surface area (Å²) < 4.78 is 0. The van der Waals surface area contributed by atoms with Crippen LogP contribution in [0, 0.1) is 0 Å². The summed E-state index contributed by atoms with van der Waals surface area (Å²) in [6, 6.07) is 33.1. The molecule has 148 valence electrons. The van der Waals surface area contributed by atoms with Crippen molar-refractivity contribution in [3.63, 3.8) is 0 Å². The summed E-state index contributed by atoms with van der Waals surface area (Å²) >= 11 is 0.